The summed E-state index contributed by atoms with van der Waals surface area (Å²) in [5.41, 5.74) is 2.01. The van der Waals surface area contributed by atoms with Gasteiger partial charge in [-0.25, -0.2) is 4.79 Å². The van der Waals surface area contributed by atoms with Crippen LogP contribution >= 0.6 is 0 Å². The molecule has 0 aliphatic rings. The Kier molecular flexibility index (Phi) is 6.85. The molecule has 0 bridgehead atoms. The Morgan fingerprint density at radius 3 is 2.56 bits per heavy atom. The molecular weight excluding hydrogens is 326 g/mol. The standard InChI is InChI=1S/C21H25NO2Si/c1-25(2,3)20-14-9-13-18(16-20)10-7-8-15-22-21(23)24-17-19-11-5-4-6-12-19/h4-6,9,11-14,16H,8,15,17H2,1-3H3,(H,22,23). The van der Waals surface area contributed by atoms with Gasteiger partial charge in [0, 0.05) is 18.5 Å². The van der Waals surface area contributed by atoms with Crippen LogP contribution < -0.4 is 10.5 Å². The fraction of sp³-hybridized carbons (Fsp3) is 0.286. The zero-order valence-corrected chi connectivity index (χ0v) is 16.1. The summed E-state index contributed by atoms with van der Waals surface area (Å²) in [4.78, 5) is 11.6. The van der Waals surface area contributed by atoms with E-state index in [9.17, 15) is 4.79 Å². The number of nitrogens with one attached hydrogen (secondary N) is 1. The molecule has 2 rings (SSSR count). The number of ether oxygens (including phenoxy) is 1. The molecule has 0 aliphatic carbocycles. The van der Waals surface area contributed by atoms with Crippen molar-refractivity contribution in [3.05, 3.63) is 65.7 Å². The van der Waals surface area contributed by atoms with E-state index in [4.69, 9.17) is 4.74 Å². The average Bonchev–Trinajstić information content (AvgIpc) is 2.60. The van der Waals surface area contributed by atoms with E-state index in [-0.39, 0.29) is 6.61 Å². The Morgan fingerprint density at radius 2 is 1.84 bits per heavy atom. The van der Waals surface area contributed by atoms with Crippen molar-refractivity contribution in [1.29, 1.82) is 0 Å². The minimum absolute atomic E-state index is 0.280. The van der Waals surface area contributed by atoms with Crippen LogP contribution in [0.4, 0.5) is 4.79 Å². The predicted octanol–water partition coefficient (Wildman–Crippen LogP) is 3.90. The largest absolute Gasteiger partial charge is 0.445 e. The monoisotopic (exact) mass is 351 g/mol. The normalized spacial score (nSPS) is 10.5. The van der Waals surface area contributed by atoms with Crippen molar-refractivity contribution in [2.45, 2.75) is 32.7 Å². The van der Waals surface area contributed by atoms with E-state index < -0.39 is 14.2 Å². The third-order valence-corrected chi connectivity index (χ3v) is 5.74. The van der Waals surface area contributed by atoms with E-state index in [1.54, 1.807) is 0 Å². The highest BCUT2D eigenvalue weighted by Crippen LogP contribution is 2.04. The van der Waals surface area contributed by atoms with E-state index in [0.29, 0.717) is 13.0 Å². The van der Waals surface area contributed by atoms with Crippen molar-refractivity contribution >= 4 is 19.4 Å². The molecule has 0 radical (unpaired) electrons. The Morgan fingerprint density at radius 1 is 1.08 bits per heavy atom. The molecule has 2 aromatic rings. The zero-order chi connectivity index (χ0) is 18.1. The molecule has 2 aromatic carbocycles. The summed E-state index contributed by atoms with van der Waals surface area (Å²) >= 11 is 0. The van der Waals surface area contributed by atoms with Crippen LogP contribution in [0, 0.1) is 11.8 Å². The minimum atomic E-state index is -1.31. The van der Waals surface area contributed by atoms with Crippen molar-refractivity contribution < 1.29 is 9.53 Å². The Labute approximate surface area is 151 Å². The van der Waals surface area contributed by atoms with E-state index in [1.165, 1.54) is 5.19 Å². The van der Waals surface area contributed by atoms with Crippen molar-refractivity contribution in [2.24, 2.45) is 0 Å². The average molecular weight is 352 g/mol. The molecule has 0 aliphatic heterocycles. The first-order valence-electron chi connectivity index (χ1n) is 8.49. The van der Waals surface area contributed by atoms with Gasteiger partial charge in [-0.1, -0.05) is 79.1 Å². The number of carbonyl (C=O) groups excluding carboxylic acids is 1. The molecule has 0 saturated heterocycles. The van der Waals surface area contributed by atoms with E-state index in [1.807, 2.05) is 36.4 Å². The van der Waals surface area contributed by atoms with Crippen molar-refractivity contribution in [3.63, 3.8) is 0 Å². The van der Waals surface area contributed by atoms with Crippen LogP contribution in [0.1, 0.15) is 17.5 Å². The maximum atomic E-state index is 11.6. The van der Waals surface area contributed by atoms with E-state index in [2.05, 4.69) is 55.0 Å². The van der Waals surface area contributed by atoms with Crippen LogP contribution in [0.2, 0.25) is 19.6 Å². The second-order valence-electron chi connectivity index (χ2n) is 6.87. The molecule has 25 heavy (non-hydrogen) atoms. The maximum Gasteiger partial charge on any atom is 0.407 e. The van der Waals surface area contributed by atoms with Crippen molar-refractivity contribution in [1.82, 2.24) is 5.32 Å². The highest BCUT2D eigenvalue weighted by Gasteiger charge is 2.15. The van der Waals surface area contributed by atoms with Gasteiger partial charge in [-0.3, -0.25) is 0 Å². The zero-order valence-electron chi connectivity index (χ0n) is 15.1. The van der Waals surface area contributed by atoms with Crippen LogP contribution in [0.25, 0.3) is 0 Å². The lowest BCUT2D eigenvalue weighted by atomic mass is 10.2. The lowest BCUT2D eigenvalue weighted by molar-refractivity contribution is 0.140. The molecule has 0 heterocycles. The molecule has 0 saturated carbocycles. The lowest BCUT2D eigenvalue weighted by Crippen LogP contribution is -2.37. The molecular formula is C21H25NO2Si. The Hall–Kier alpha value is -2.51. The topological polar surface area (TPSA) is 38.3 Å². The SMILES string of the molecule is C[Si](C)(C)c1cccc(C#CCCNC(=O)OCc2ccccc2)c1. The number of alkyl carbamates (subject to hydrolysis) is 1. The van der Waals surface area contributed by atoms with E-state index in [0.717, 1.165) is 11.1 Å². The van der Waals surface area contributed by atoms with Gasteiger partial charge in [0.15, 0.2) is 0 Å². The van der Waals surface area contributed by atoms with Crippen LogP contribution in [-0.2, 0) is 11.3 Å². The van der Waals surface area contributed by atoms with Crippen molar-refractivity contribution in [2.75, 3.05) is 6.54 Å². The Balaban J connectivity index is 1.73. The first-order chi connectivity index (χ1) is 11.9. The third kappa shape index (κ3) is 6.86. The van der Waals surface area contributed by atoms with Gasteiger partial charge in [-0.2, -0.15) is 0 Å². The minimum Gasteiger partial charge on any atom is -0.445 e. The van der Waals surface area contributed by atoms with E-state index >= 15 is 0 Å². The van der Waals surface area contributed by atoms with Gasteiger partial charge in [-0.15, -0.1) is 0 Å². The van der Waals surface area contributed by atoms with Crippen LogP contribution in [0.5, 0.6) is 0 Å². The third-order valence-electron chi connectivity index (χ3n) is 3.69. The lowest BCUT2D eigenvalue weighted by Gasteiger charge is -2.16. The molecule has 130 valence electrons. The van der Waals surface area contributed by atoms with Crippen LogP contribution in [-0.4, -0.2) is 20.7 Å². The number of benzene rings is 2. The summed E-state index contributed by atoms with van der Waals surface area (Å²) < 4.78 is 5.15. The molecule has 0 fully saturated rings. The predicted molar refractivity (Wildman–Crippen MR) is 106 cm³/mol. The van der Waals surface area contributed by atoms with Gasteiger partial charge in [0.2, 0.25) is 0 Å². The highest BCUT2D eigenvalue weighted by molar-refractivity contribution is 6.88. The molecule has 1 amide bonds. The fourth-order valence-electron chi connectivity index (χ4n) is 2.23. The second kappa shape index (κ2) is 9.10. The molecule has 1 N–H and O–H groups in total. The van der Waals surface area contributed by atoms with Gasteiger partial charge in [0.1, 0.15) is 6.61 Å². The second-order valence-corrected chi connectivity index (χ2v) is 11.9. The first-order valence-corrected chi connectivity index (χ1v) is 12.0. The van der Waals surface area contributed by atoms with Crippen LogP contribution in [0.15, 0.2) is 54.6 Å². The summed E-state index contributed by atoms with van der Waals surface area (Å²) in [6.07, 6.45) is 0.184. The molecule has 0 unspecified atom stereocenters. The maximum absolute atomic E-state index is 11.6. The molecule has 0 spiro atoms. The van der Waals surface area contributed by atoms with Gasteiger partial charge in [0.05, 0.1) is 8.07 Å². The number of hydrogen-bond acceptors (Lipinski definition) is 2. The summed E-state index contributed by atoms with van der Waals surface area (Å²) in [7, 11) is -1.31. The van der Waals surface area contributed by atoms with Gasteiger partial charge in [0.25, 0.3) is 0 Å². The van der Waals surface area contributed by atoms with Gasteiger partial charge in [-0.05, 0) is 17.7 Å². The first kappa shape index (κ1) is 18.8. The molecule has 0 aromatic heterocycles. The summed E-state index contributed by atoms with van der Waals surface area (Å²) in [5, 5.41) is 4.12. The molecule has 0 atom stereocenters. The number of carbonyl (C=O) groups is 1. The highest BCUT2D eigenvalue weighted by atomic mass is 28.3. The molecule has 3 nitrogen and oxygen atoms in total. The number of hydrogen-bond donors (Lipinski definition) is 1. The van der Waals surface area contributed by atoms with Gasteiger partial charge >= 0.3 is 6.09 Å². The smallest absolute Gasteiger partial charge is 0.407 e. The molecule has 4 heteroatoms. The Bertz CT molecular complexity index is 755. The summed E-state index contributed by atoms with van der Waals surface area (Å²) in [5.74, 6) is 6.27. The van der Waals surface area contributed by atoms with Gasteiger partial charge < -0.3 is 10.1 Å². The van der Waals surface area contributed by atoms with Crippen molar-refractivity contribution in [3.8, 4) is 11.8 Å². The summed E-state index contributed by atoms with van der Waals surface area (Å²) in [6.45, 7) is 7.73. The summed E-state index contributed by atoms with van der Waals surface area (Å²) in [6, 6.07) is 18.1. The fourth-order valence-corrected chi connectivity index (χ4v) is 3.41. The number of rotatable bonds is 5. The number of amides is 1. The quantitative estimate of drug-likeness (QED) is 0.504. The van der Waals surface area contributed by atoms with Crippen LogP contribution in [0.3, 0.4) is 0 Å².